The van der Waals surface area contributed by atoms with Crippen molar-refractivity contribution in [3.05, 3.63) is 65.7 Å². The zero-order valence-corrected chi connectivity index (χ0v) is 16.3. The van der Waals surface area contributed by atoms with Crippen molar-refractivity contribution in [2.45, 2.75) is 30.3 Å². The Morgan fingerprint density at radius 1 is 1.10 bits per heavy atom. The fraction of sp³-hybridized carbons (Fsp3) is 0.348. The second-order valence-corrected chi connectivity index (χ2v) is 7.93. The highest BCUT2D eigenvalue weighted by Crippen LogP contribution is 2.67. The van der Waals surface area contributed by atoms with Gasteiger partial charge in [0, 0.05) is 25.1 Å². The first-order valence-corrected chi connectivity index (χ1v) is 9.80. The van der Waals surface area contributed by atoms with E-state index in [1.165, 1.54) is 0 Å². The molecule has 0 aromatic heterocycles. The SMILES string of the molecule is CCOC(=O)[C@]12C[C@]3(C(=O)N(C)c4ccccc43)[C@H](c3ccccc3)[C@H]1C(=O)O2. The van der Waals surface area contributed by atoms with Gasteiger partial charge in [-0.3, -0.25) is 9.59 Å². The fourth-order valence-electron chi connectivity index (χ4n) is 5.57. The molecule has 6 nitrogen and oxygen atoms in total. The Kier molecular flexibility index (Phi) is 3.66. The fourth-order valence-corrected chi connectivity index (χ4v) is 5.57. The summed E-state index contributed by atoms with van der Waals surface area (Å²) in [4.78, 5) is 41.0. The molecule has 1 saturated heterocycles. The molecule has 4 atom stereocenters. The van der Waals surface area contributed by atoms with E-state index in [-0.39, 0.29) is 18.9 Å². The summed E-state index contributed by atoms with van der Waals surface area (Å²) in [5, 5.41) is 0. The van der Waals surface area contributed by atoms with Crippen LogP contribution in [0.15, 0.2) is 54.6 Å². The standard InChI is InChI=1S/C23H21NO5/c1-3-28-21(27)23-13-22(15-11-7-8-12-16(15)24(2)20(22)26)17(18(23)19(25)29-23)14-9-5-4-6-10-14/h4-12,17-18H,3,13H2,1-2H3/t17-,18+,22-,23+/m1/s1. The molecule has 1 saturated carbocycles. The van der Waals surface area contributed by atoms with E-state index in [9.17, 15) is 14.4 Å². The van der Waals surface area contributed by atoms with E-state index in [1.54, 1.807) is 18.9 Å². The number of ether oxygens (including phenoxy) is 2. The van der Waals surface area contributed by atoms with Crippen molar-refractivity contribution in [3.63, 3.8) is 0 Å². The van der Waals surface area contributed by atoms with Gasteiger partial charge in [0.2, 0.25) is 11.5 Å². The van der Waals surface area contributed by atoms with Gasteiger partial charge in [0.25, 0.3) is 0 Å². The number of fused-ring (bicyclic) bond motifs is 3. The maximum absolute atomic E-state index is 13.7. The quantitative estimate of drug-likeness (QED) is 0.752. The van der Waals surface area contributed by atoms with E-state index in [2.05, 4.69) is 0 Å². The van der Waals surface area contributed by atoms with Crippen molar-refractivity contribution in [2.24, 2.45) is 5.92 Å². The minimum atomic E-state index is -1.43. The topological polar surface area (TPSA) is 72.9 Å². The second kappa shape index (κ2) is 5.92. The lowest BCUT2D eigenvalue weighted by Gasteiger charge is -2.42. The lowest BCUT2D eigenvalue weighted by Crippen LogP contribution is -2.61. The Morgan fingerprint density at radius 3 is 2.48 bits per heavy atom. The third-order valence-corrected chi connectivity index (χ3v) is 6.66. The molecule has 148 valence electrons. The summed E-state index contributed by atoms with van der Waals surface area (Å²) in [5.74, 6) is -2.41. The molecule has 2 fully saturated rings. The van der Waals surface area contributed by atoms with Crippen molar-refractivity contribution in [1.82, 2.24) is 0 Å². The van der Waals surface area contributed by atoms with Gasteiger partial charge in [-0.05, 0) is 24.1 Å². The normalized spacial score (nSPS) is 31.9. The maximum Gasteiger partial charge on any atom is 0.351 e. The van der Waals surface area contributed by atoms with Crippen LogP contribution in [-0.4, -0.2) is 37.1 Å². The van der Waals surface area contributed by atoms with Gasteiger partial charge in [-0.25, -0.2) is 4.79 Å². The van der Waals surface area contributed by atoms with Crippen molar-refractivity contribution in [3.8, 4) is 0 Å². The molecule has 2 aromatic carbocycles. The number of benzene rings is 2. The summed E-state index contributed by atoms with van der Waals surface area (Å²) in [5.41, 5.74) is -0.0153. The van der Waals surface area contributed by atoms with Gasteiger partial charge in [0.15, 0.2) is 0 Å². The highest BCUT2D eigenvalue weighted by Gasteiger charge is 2.80. The van der Waals surface area contributed by atoms with Crippen LogP contribution in [0.1, 0.15) is 30.4 Å². The number of nitrogens with zero attached hydrogens (tertiary/aromatic N) is 1. The maximum atomic E-state index is 13.7. The summed E-state index contributed by atoms with van der Waals surface area (Å²) in [6.07, 6.45) is 0.0922. The van der Waals surface area contributed by atoms with Crippen LogP contribution in [0.3, 0.4) is 0 Å². The zero-order chi connectivity index (χ0) is 20.4. The number of carbonyl (C=O) groups excluding carboxylic acids is 3. The number of rotatable bonds is 3. The predicted molar refractivity (Wildman–Crippen MR) is 104 cm³/mol. The molecule has 1 spiro atoms. The molecule has 2 aliphatic heterocycles. The molecule has 3 aliphatic rings. The summed E-state index contributed by atoms with van der Waals surface area (Å²) in [7, 11) is 1.73. The summed E-state index contributed by atoms with van der Waals surface area (Å²) in [6, 6.07) is 17.0. The number of hydrogen-bond donors (Lipinski definition) is 0. The summed E-state index contributed by atoms with van der Waals surface area (Å²) in [6.45, 7) is 1.89. The number of amides is 1. The first-order valence-electron chi connectivity index (χ1n) is 9.80. The van der Waals surface area contributed by atoms with Crippen LogP contribution < -0.4 is 4.90 Å². The third kappa shape index (κ3) is 2.03. The highest BCUT2D eigenvalue weighted by molar-refractivity contribution is 6.12. The van der Waals surface area contributed by atoms with Crippen LogP contribution in [0, 0.1) is 5.92 Å². The highest BCUT2D eigenvalue weighted by atomic mass is 16.6. The molecule has 29 heavy (non-hydrogen) atoms. The molecule has 2 heterocycles. The van der Waals surface area contributed by atoms with Crippen LogP contribution in [-0.2, 0) is 29.3 Å². The van der Waals surface area contributed by atoms with Gasteiger partial charge in [-0.1, -0.05) is 48.5 Å². The van der Waals surface area contributed by atoms with E-state index in [0.29, 0.717) is 0 Å². The van der Waals surface area contributed by atoms with Crippen molar-refractivity contribution in [1.29, 1.82) is 0 Å². The van der Waals surface area contributed by atoms with Crippen LogP contribution in [0.5, 0.6) is 0 Å². The van der Waals surface area contributed by atoms with E-state index in [4.69, 9.17) is 9.47 Å². The number of anilines is 1. The molecular formula is C23H21NO5. The number of carbonyl (C=O) groups is 3. The Bertz CT molecular complexity index is 1030. The smallest absolute Gasteiger partial charge is 0.351 e. The first kappa shape index (κ1) is 17.9. The average molecular weight is 391 g/mol. The molecule has 0 bridgehead atoms. The molecular weight excluding hydrogens is 370 g/mol. The zero-order valence-electron chi connectivity index (χ0n) is 16.3. The van der Waals surface area contributed by atoms with Crippen molar-refractivity contribution >= 4 is 23.5 Å². The number of para-hydroxylation sites is 1. The lowest BCUT2D eigenvalue weighted by molar-refractivity contribution is -0.220. The first-order chi connectivity index (χ1) is 14.0. The second-order valence-electron chi connectivity index (χ2n) is 7.93. The van der Waals surface area contributed by atoms with Gasteiger partial charge < -0.3 is 14.4 Å². The minimum absolute atomic E-state index is 0.0922. The van der Waals surface area contributed by atoms with E-state index >= 15 is 0 Å². The predicted octanol–water partition coefficient (Wildman–Crippen LogP) is 2.56. The Balaban J connectivity index is 1.78. The van der Waals surface area contributed by atoms with Gasteiger partial charge in [0.1, 0.15) is 5.92 Å². The Morgan fingerprint density at radius 2 is 1.79 bits per heavy atom. The average Bonchev–Trinajstić information content (AvgIpc) is 3.11. The lowest BCUT2D eigenvalue weighted by atomic mass is 9.68. The number of likely N-dealkylation sites (N-methyl/N-ethyl adjacent to an activating group) is 1. The summed E-state index contributed by atoms with van der Waals surface area (Å²) < 4.78 is 10.8. The van der Waals surface area contributed by atoms with Crippen LogP contribution in [0.4, 0.5) is 5.69 Å². The Labute approximate surface area is 168 Å². The molecule has 0 radical (unpaired) electrons. The van der Waals surface area contributed by atoms with Gasteiger partial charge in [-0.2, -0.15) is 0 Å². The summed E-state index contributed by atoms with van der Waals surface area (Å²) >= 11 is 0. The van der Waals surface area contributed by atoms with Gasteiger partial charge >= 0.3 is 11.9 Å². The Hall–Kier alpha value is -3.15. The van der Waals surface area contributed by atoms with E-state index in [1.807, 2.05) is 54.6 Å². The third-order valence-electron chi connectivity index (χ3n) is 6.66. The molecule has 0 unspecified atom stereocenters. The van der Waals surface area contributed by atoms with E-state index < -0.39 is 34.8 Å². The minimum Gasteiger partial charge on any atom is -0.463 e. The monoisotopic (exact) mass is 391 g/mol. The molecule has 2 aromatic rings. The largest absolute Gasteiger partial charge is 0.463 e. The van der Waals surface area contributed by atoms with Crippen LogP contribution in [0.2, 0.25) is 0 Å². The molecule has 5 rings (SSSR count). The van der Waals surface area contributed by atoms with Crippen LogP contribution in [0.25, 0.3) is 0 Å². The molecule has 6 heteroatoms. The van der Waals surface area contributed by atoms with Gasteiger partial charge in [-0.15, -0.1) is 0 Å². The van der Waals surface area contributed by atoms with Crippen LogP contribution >= 0.6 is 0 Å². The molecule has 1 amide bonds. The molecule has 0 N–H and O–H groups in total. The number of hydrogen-bond acceptors (Lipinski definition) is 5. The van der Waals surface area contributed by atoms with Gasteiger partial charge in [0.05, 0.1) is 12.0 Å². The van der Waals surface area contributed by atoms with Crippen molar-refractivity contribution in [2.75, 3.05) is 18.6 Å². The molecule has 1 aliphatic carbocycles. The number of esters is 2. The van der Waals surface area contributed by atoms with Crippen molar-refractivity contribution < 1.29 is 23.9 Å². The van der Waals surface area contributed by atoms with E-state index in [0.717, 1.165) is 16.8 Å².